The topological polar surface area (TPSA) is 23.5 Å². The first-order valence-corrected chi connectivity index (χ1v) is 5.91. The number of halogens is 2. The van der Waals surface area contributed by atoms with Gasteiger partial charge in [-0.15, -0.1) is 0 Å². The maximum Gasteiger partial charge on any atom is 0.251 e. The van der Waals surface area contributed by atoms with E-state index in [0.29, 0.717) is 13.1 Å². The third kappa shape index (κ3) is 3.23. The highest BCUT2D eigenvalue weighted by molar-refractivity contribution is 5.33. The van der Waals surface area contributed by atoms with E-state index in [0.717, 1.165) is 18.4 Å². The van der Waals surface area contributed by atoms with Gasteiger partial charge in [-0.05, 0) is 29.5 Å². The molecule has 0 radical (unpaired) electrons. The molecule has 1 aromatic rings. The maximum absolute atomic E-state index is 12.3. The highest BCUT2D eigenvalue weighted by atomic mass is 19.3. The average molecular weight is 241 g/mol. The molecule has 1 heterocycles. The molecule has 0 aromatic heterocycles. The van der Waals surface area contributed by atoms with E-state index in [-0.39, 0.29) is 13.2 Å². The number of hydrogen-bond donors (Lipinski definition) is 1. The van der Waals surface area contributed by atoms with Crippen LogP contribution in [0.25, 0.3) is 0 Å². The Morgan fingerprint density at radius 3 is 2.53 bits per heavy atom. The van der Waals surface area contributed by atoms with Crippen molar-refractivity contribution in [2.24, 2.45) is 0 Å². The number of fused-ring (bicyclic) bond motifs is 1. The number of benzene rings is 1. The average Bonchev–Trinajstić information content (AvgIpc) is 2.51. The van der Waals surface area contributed by atoms with Crippen molar-refractivity contribution in [1.29, 1.82) is 0 Å². The van der Waals surface area contributed by atoms with Gasteiger partial charge < -0.3 is 5.11 Å². The van der Waals surface area contributed by atoms with Crippen LogP contribution in [0.5, 0.6) is 0 Å². The van der Waals surface area contributed by atoms with Gasteiger partial charge in [-0.1, -0.05) is 18.2 Å². The summed E-state index contributed by atoms with van der Waals surface area (Å²) in [6, 6.07) is 5.90. The first-order valence-electron chi connectivity index (χ1n) is 5.91. The van der Waals surface area contributed by atoms with Gasteiger partial charge in [-0.25, -0.2) is 8.78 Å². The van der Waals surface area contributed by atoms with Gasteiger partial charge in [0, 0.05) is 13.1 Å². The van der Waals surface area contributed by atoms with Crippen molar-refractivity contribution in [2.45, 2.75) is 25.9 Å². The van der Waals surface area contributed by atoms with E-state index in [1.165, 1.54) is 11.1 Å². The van der Waals surface area contributed by atoms with Crippen LogP contribution in [0.3, 0.4) is 0 Å². The van der Waals surface area contributed by atoms with Gasteiger partial charge in [0.25, 0.3) is 6.43 Å². The molecule has 0 amide bonds. The van der Waals surface area contributed by atoms with Crippen molar-refractivity contribution in [1.82, 2.24) is 4.90 Å². The van der Waals surface area contributed by atoms with E-state index in [1.54, 1.807) is 0 Å². The predicted octanol–water partition coefficient (Wildman–Crippen LogP) is 1.84. The van der Waals surface area contributed by atoms with Crippen LogP contribution in [0.15, 0.2) is 18.2 Å². The molecule has 0 aliphatic carbocycles. The largest absolute Gasteiger partial charge is 0.392 e. The Bertz CT molecular complexity index is 382. The van der Waals surface area contributed by atoms with E-state index in [1.807, 2.05) is 23.1 Å². The molecule has 1 N–H and O–H groups in total. The highest BCUT2D eigenvalue weighted by Crippen LogP contribution is 2.18. The van der Waals surface area contributed by atoms with Crippen molar-refractivity contribution in [3.05, 3.63) is 34.9 Å². The molecule has 0 fully saturated rings. The summed E-state index contributed by atoms with van der Waals surface area (Å²) in [6.45, 7) is 1.26. The van der Waals surface area contributed by atoms with Crippen molar-refractivity contribution >= 4 is 0 Å². The van der Waals surface area contributed by atoms with Gasteiger partial charge in [-0.3, -0.25) is 4.90 Å². The van der Waals surface area contributed by atoms with Crippen molar-refractivity contribution in [3.8, 4) is 0 Å². The molecule has 2 rings (SSSR count). The molecule has 1 aromatic carbocycles. The molecular formula is C13H17F2NO. The second-order valence-corrected chi connectivity index (χ2v) is 4.45. The first-order chi connectivity index (χ1) is 8.19. The minimum Gasteiger partial charge on any atom is -0.392 e. The number of aliphatic hydroxyl groups excluding tert-OH is 1. The van der Waals surface area contributed by atoms with E-state index in [4.69, 9.17) is 5.11 Å². The van der Waals surface area contributed by atoms with Crippen molar-refractivity contribution in [2.75, 3.05) is 19.6 Å². The monoisotopic (exact) mass is 241 g/mol. The minimum absolute atomic E-state index is 0.0357. The van der Waals surface area contributed by atoms with Crippen LogP contribution in [-0.2, 0) is 19.4 Å². The molecule has 94 valence electrons. The van der Waals surface area contributed by atoms with Gasteiger partial charge in [0.1, 0.15) is 0 Å². The van der Waals surface area contributed by atoms with E-state index < -0.39 is 6.43 Å². The fourth-order valence-corrected chi connectivity index (χ4v) is 2.30. The summed E-state index contributed by atoms with van der Waals surface area (Å²) in [6.07, 6.45) is -0.659. The zero-order valence-electron chi connectivity index (χ0n) is 9.70. The second-order valence-electron chi connectivity index (χ2n) is 4.45. The zero-order valence-corrected chi connectivity index (χ0v) is 9.70. The summed E-state index contributed by atoms with van der Waals surface area (Å²) < 4.78 is 24.6. The summed E-state index contributed by atoms with van der Waals surface area (Å²) in [5.41, 5.74) is 3.30. The standard InChI is InChI=1S/C13H17F2NO/c14-13(15)8-16-5-3-11-2-1-10(9-17)7-12(11)4-6-16/h1-2,7,13,17H,3-6,8-9H2. The summed E-state index contributed by atoms with van der Waals surface area (Å²) in [4.78, 5) is 1.81. The van der Waals surface area contributed by atoms with E-state index >= 15 is 0 Å². The van der Waals surface area contributed by atoms with Crippen LogP contribution in [0.1, 0.15) is 16.7 Å². The molecule has 17 heavy (non-hydrogen) atoms. The van der Waals surface area contributed by atoms with Crippen LogP contribution in [0.4, 0.5) is 8.78 Å². The molecule has 0 unspecified atom stereocenters. The van der Waals surface area contributed by atoms with Crippen LogP contribution in [0.2, 0.25) is 0 Å². The normalized spacial score (nSPS) is 16.9. The smallest absolute Gasteiger partial charge is 0.251 e. The Morgan fingerprint density at radius 1 is 1.18 bits per heavy atom. The SMILES string of the molecule is OCc1ccc2c(c1)CCN(CC(F)F)CC2. The molecular weight excluding hydrogens is 224 g/mol. The Balaban J connectivity index is 2.07. The predicted molar refractivity (Wildman–Crippen MR) is 62.2 cm³/mol. The Morgan fingerprint density at radius 2 is 1.88 bits per heavy atom. The Labute approximate surface area is 99.9 Å². The summed E-state index contributed by atoms with van der Waals surface area (Å²) >= 11 is 0. The fraction of sp³-hybridized carbons (Fsp3) is 0.538. The van der Waals surface area contributed by atoms with Gasteiger partial charge >= 0.3 is 0 Å². The van der Waals surface area contributed by atoms with Crippen LogP contribution in [0, 0.1) is 0 Å². The zero-order chi connectivity index (χ0) is 12.3. The lowest BCUT2D eigenvalue weighted by Crippen LogP contribution is -2.31. The third-order valence-corrected chi connectivity index (χ3v) is 3.24. The highest BCUT2D eigenvalue weighted by Gasteiger charge is 2.17. The molecule has 4 heteroatoms. The number of aliphatic hydroxyl groups is 1. The molecule has 0 spiro atoms. The Kier molecular flexibility index (Phi) is 4.07. The minimum atomic E-state index is -2.26. The summed E-state index contributed by atoms with van der Waals surface area (Å²) in [7, 11) is 0. The first kappa shape index (κ1) is 12.5. The molecule has 0 saturated heterocycles. The fourth-order valence-electron chi connectivity index (χ4n) is 2.30. The maximum atomic E-state index is 12.3. The number of rotatable bonds is 3. The van der Waals surface area contributed by atoms with Gasteiger partial charge in [0.05, 0.1) is 13.2 Å². The number of hydrogen-bond acceptors (Lipinski definition) is 2. The van der Waals surface area contributed by atoms with Crippen LogP contribution >= 0.6 is 0 Å². The van der Waals surface area contributed by atoms with Crippen molar-refractivity contribution in [3.63, 3.8) is 0 Å². The molecule has 2 nitrogen and oxygen atoms in total. The lowest BCUT2D eigenvalue weighted by atomic mass is 10.0. The quantitative estimate of drug-likeness (QED) is 0.873. The molecule has 0 saturated carbocycles. The number of alkyl halides is 2. The molecule has 0 bridgehead atoms. The molecule has 0 atom stereocenters. The molecule has 1 aliphatic rings. The second kappa shape index (κ2) is 5.56. The van der Waals surface area contributed by atoms with Crippen molar-refractivity contribution < 1.29 is 13.9 Å². The lowest BCUT2D eigenvalue weighted by molar-refractivity contribution is 0.0904. The summed E-state index contributed by atoms with van der Waals surface area (Å²) in [5.74, 6) is 0. The lowest BCUT2D eigenvalue weighted by Gasteiger charge is -2.18. The van der Waals surface area contributed by atoms with E-state index in [2.05, 4.69) is 0 Å². The number of nitrogens with zero attached hydrogens (tertiary/aromatic N) is 1. The summed E-state index contributed by atoms with van der Waals surface area (Å²) in [5, 5.41) is 9.07. The third-order valence-electron chi connectivity index (χ3n) is 3.24. The van der Waals surface area contributed by atoms with E-state index in [9.17, 15) is 8.78 Å². The Hall–Kier alpha value is -1.00. The van der Waals surface area contributed by atoms with Crippen LogP contribution in [-0.4, -0.2) is 36.1 Å². The molecule has 1 aliphatic heterocycles. The van der Waals surface area contributed by atoms with Crippen LogP contribution < -0.4 is 0 Å². The van der Waals surface area contributed by atoms with Gasteiger partial charge in [0.15, 0.2) is 0 Å². The van der Waals surface area contributed by atoms with Gasteiger partial charge in [-0.2, -0.15) is 0 Å². The van der Waals surface area contributed by atoms with Gasteiger partial charge in [0.2, 0.25) is 0 Å².